The monoisotopic (exact) mass is 513 g/mol. The number of rotatable bonds is 8. The third kappa shape index (κ3) is 5.16. The number of tetrazole rings is 1. The summed E-state index contributed by atoms with van der Waals surface area (Å²) in [7, 11) is 0. The lowest BCUT2D eigenvalue weighted by atomic mass is 9.84. The van der Waals surface area contributed by atoms with Crippen LogP contribution in [-0.4, -0.2) is 76.7 Å². The summed E-state index contributed by atoms with van der Waals surface area (Å²) in [6.07, 6.45) is 5.53. The molecule has 5 rings (SSSR count). The maximum atomic E-state index is 14.7. The van der Waals surface area contributed by atoms with Gasteiger partial charge in [0.2, 0.25) is 11.1 Å². The quantitative estimate of drug-likeness (QED) is 0.386. The van der Waals surface area contributed by atoms with Crippen molar-refractivity contribution in [3.05, 3.63) is 35.8 Å². The van der Waals surface area contributed by atoms with Gasteiger partial charge in [0.25, 0.3) is 0 Å². The summed E-state index contributed by atoms with van der Waals surface area (Å²) in [4.78, 5) is 11.2. The maximum Gasteiger partial charge on any atom is 0.229 e. The van der Waals surface area contributed by atoms with Crippen LogP contribution in [0.2, 0.25) is 0 Å². The van der Waals surface area contributed by atoms with E-state index < -0.39 is 5.82 Å². The van der Waals surface area contributed by atoms with Gasteiger partial charge in [-0.05, 0) is 81.1 Å². The highest BCUT2D eigenvalue weighted by Crippen LogP contribution is 2.38. The molecule has 0 radical (unpaired) electrons. The number of fused-ring (bicyclic) bond motifs is 1. The van der Waals surface area contributed by atoms with Gasteiger partial charge in [-0.3, -0.25) is 4.90 Å². The van der Waals surface area contributed by atoms with Gasteiger partial charge in [-0.15, -0.1) is 5.10 Å². The minimum Gasteiger partial charge on any atom is -0.396 e. The van der Waals surface area contributed by atoms with Crippen molar-refractivity contribution in [3.63, 3.8) is 0 Å². The third-order valence-corrected chi connectivity index (χ3v) is 7.90. The van der Waals surface area contributed by atoms with Crippen LogP contribution in [0.5, 0.6) is 0 Å². The van der Waals surface area contributed by atoms with Crippen molar-refractivity contribution in [2.24, 2.45) is 0 Å². The molecule has 0 amide bonds. The largest absolute Gasteiger partial charge is 0.396 e. The number of hydrogen-bond donors (Lipinski definition) is 3. The van der Waals surface area contributed by atoms with Crippen molar-refractivity contribution in [1.82, 2.24) is 35.1 Å². The highest BCUT2D eigenvalue weighted by atomic mass is 32.2. The summed E-state index contributed by atoms with van der Waals surface area (Å²) in [6, 6.07) is 6.43. The predicted molar refractivity (Wildman–Crippen MR) is 137 cm³/mol. The predicted octanol–water partition coefficient (Wildman–Crippen LogP) is 3.55. The van der Waals surface area contributed by atoms with Crippen LogP contribution in [0.25, 0.3) is 5.69 Å². The van der Waals surface area contributed by atoms with Gasteiger partial charge in [0, 0.05) is 29.1 Å². The van der Waals surface area contributed by atoms with Crippen LogP contribution < -0.4 is 10.6 Å². The standard InChI is InChI=1S/C24H32FN9OS/c1-15-6-7-16(12-20(15)34-23(30-31-32-34)36-10-9-35)28-22-26-14-19(25)21(29-22)27-17-11-18-5-4-8-33(18)24(2,3)13-17/h6-7,12,14,17-18,35H,4-5,8-11,13H2,1-3H3,(H2,26,27,28,29). The second kappa shape index (κ2) is 10.3. The number of aliphatic hydroxyl groups excluding tert-OH is 1. The van der Waals surface area contributed by atoms with Gasteiger partial charge < -0.3 is 15.7 Å². The summed E-state index contributed by atoms with van der Waals surface area (Å²) >= 11 is 1.37. The molecule has 36 heavy (non-hydrogen) atoms. The summed E-state index contributed by atoms with van der Waals surface area (Å²) in [6.45, 7) is 7.69. The summed E-state index contributed by atoms with van der Waals surface area (Å²) < 4.78 is 16.3. The molecule has 0 spiro atoms. The number of thioether (sulfide) groups is 1. The molecule has 3 aromatic rings. The number of piperidine rings is 1. The zero-order chi connectivity index (χ0) is 25.3. The number of nitrogens with one attached hydrogen (secondary N) is 2. The molecule has 2 aliphatic rings. The highest BCUT2D eigenvalue weighted by Gasteiger charge is 2.43. The van der Waals surface area contributed by atoms with Gasteiger partial charge in [-0.1, -0.05) is 17.8 Å². The fraction of sp³-hybridized carbons (Fsp3) is 0.542. The number of aliphatic hydroxyl groups is 1. The molecule has 2 saturated heterocycles. The zero-order valence-corrected chi connectivity index (χ0v) is 21.6. The Kier molecular flexibility index (Phi) is 7.09. The van der Waals surface area contributed by atoms with E-state index in [-0.39, 0.29) is 24.0 Å². The maximum absolute atomic E-state index is 14.7. The number of benzene rings is 1. The zero-order valence-electron chi connectivity index (χ0n) is 20.8. The molecular weight excluding hydrogens is 481 g/mol. The van der Waals surface area contributed by atoms with Crippen LogP contribution in [0, 0.1) is 12.7 Å². The van der Waals surface area contributed by atoms with E-state index in [0.717, 1.165) is 36.3 Å². The first-order valence-electron chi connectivity index (χ1n) is 12.3. The molecule has 1 aromatic carbocycles. The molecular formula is C24H32FN9OS. The fourth-order valence-corrected chi connectivity index (χ4v) is 6.07. The molecule has 2 fully saturated rings. The Labute approximate surface area is 214 Å². The number of halogens is 1. The van der Waals surface area contributed by atoms with Crippen molar-refractivity contribution in [1.29, 1.82) is 0 Å². The molecule has 192 valence electrons. The Morgan fingerprint density at radius 1 is 1.31 bits per heavy atom. The van der Waals surface area contributed by atoms with Crippen LogP contribution in [0.1, 0.15) is 45.1 Å². The smallest absolute Gasteiger partial charge is 0.229 e. The van der Waals surface area contributed by atoms with Gasteiger partial charge in [-0.2, -0.15) is 9.67 Å². The molecule has 2 unspecified atom stereocenters. The van der Waals surface area contributed by atoms with E-state index in [4.69, 9.17) is 5.11 Å². The first-order chi connectivity index (χ1) is 17.3. The van der Waals surface area contributed by atoms with Crippen LogP contribution in [-0.2, 0) is 0 Å². The average molecular weight is 514 g/mol. The lowest BCUT2D eigenvalue weighted by Crippen LogP contribution is -2.55. The highest BCUT2D eigenvalue weighted by molar-refractivity contribution is 7.99. The Bertz CT molecular complexity index is 1220. The number of nitrogens with zero attached hydrogens (tertiary/aromatic N) is 7. The fourth-order valence-electron chi connectivity index (χ4n) is 5.44. The van der Waals surface area contributed by atoms with E-state index in [9.17, 15) is 4.39 Å². The minimum atomic E-state index is -0.462. The average Bonchev–Trinajstić information content (AvgIpc) is 3.51. The van der Waals surface area contributed by atoms with Gasteiger partial charge >= 0.3 is 0 Å². The number of aromatic nitrogens is 6. The summed E-state index contributed by atoms with van der Waals surface area (Å²) in [5.74, 6) is 0.553. The van der Waals surface area contributed by atoms with Gasteiger partial charge in [0.05, 0.1) is 18.5 Å². The van der Waals surface area contributed by atoms with E-state index in [0.29, 0.717) is 22.9 Å². The topological polar surface area (TPSA) is 117 Å². The minimum absolute atomic E-state index is 0.0354. The van der Waals surface area contributed by atoms with E-state index in [1.54, 1.807) is 4.68 Å². The number of hydrogen-bond acceptors (Lipinski definition) is 10. The third-order valence-electron chi connectivity index (χ3n) is 7.00. The molecule has 2 aromatic heterocycles. The second-order valence-corrected chi connectivity index (χ2v) is 11.1. The molecule has 4 heterocycles. The number of aryl methyl sites for hydroxylation is 1. The molecule has 0 aliphatic carbocycles. The van der Waals surface area contributed by atoms with E-state index >= 15 is 0 Å². The van der Waals surface area contributed by atoms with Crippen molar-refractivity contribution in [2.45, 2.75) is 69.2 Å². The normalized spacial score (nSPS) is 21.4. The van der Waals surface area contributed by atoms with Crippen molar-refractivity contribution in [2.75, 3.05) is 29.5 Å². The van der Waals surface area contributed by atoms with Crippen LogP contribution >= 0.6 is 11.8 Å². The lowest BCUT2D eigenvalue weighted by Gasteiger charge is -2.47. The second-order valence-electron chi connectivity index (χ2n) is 10.0. The van der Waals surface area contributed by atoms with E-state index in [2.05, 4.69) is 54.9 Å². The molecule has 0 bridgehead atoms. The van der Waals surface area contributed by atoms with E-state index in [1.807, 2.05) is 25.1 Å². The lowest BCUT2D eigenvalue weighted by molar-refractivity contribution is 0.0500. The van der Waals surface area contributed by atoms with Crippen molar-refractivity contribution >= 4 is 29.2 Å². The van der Waals surface area contributed by atoms with Crippen molar-refractivity contribution < 1.29 is 9.50 Å². The number of anilines is 3. The molecule has 10 nitrogen and oxygen atoms in total. The Hall–Kier alpha value is -2.83. The van der Waals surface area contributed by atoms with Gasteiger partial charge in [-0.25, -0.2) is 9.37 Å². The van der Waals surface area contributed by atoms with E-state index in [1.165, 1.54) is 30.8 Å². The molecule has 0 saturated carbocycles. The first kappa shape index (κ1) is 24.8. The Morgan fingerprint density at radius 2 is 2.17 bits per heavy atom. The SMILES string of the molecule is Cc1ccc(Nc2ncc(F)c(NC3CC4CCCN4C(C)(C)C3)n2)cc1-n1nnnc1SCCO. The Balaban J connectivity index is 1.34. The molecule has 2 atom stereocenters. The Morgan fingerprint density at radius 3 is 3.00 bits per heavy atom. The van der Waals surface area contributed by atoms with Gasteiger partial charge in [0.1, 0.15) is 0 Å². The molecule has 12 heteroatoms. The summed E-state index contributed by atoms with van der Waals surface area (Å²) in [5.41, 5.74) is 2.56. The first-order valence-corrected chi connectivity index (χ1v) is 13.3. The molecule has 3 N–H and O–H groups in total. The van der Waals surface area contributed by atoms with Crippen LogP contribution in [0.15, 0.2) is 29.6 Å². The van der Waals surface area contributed by atoms with Crippen LogP contribution in [0.3, 0.4) is 0 Å². The summed E-state index contributed by atoms with van der Waals surface area (Å²) in [5, 5.41) is 28.2. The molecule has 2 aliphatic heterocycles. The van der Waals surface area contributed by atoms with Crippen molar-refractivity contribution in [3.8, 4) is 5.69 Å². The van der Waals surface area contributed by atoms with Gasteiger partial charge in [0.15, 0.2) is 11.6 Å². The van der Waals surface area contributed by atoms with Crippen LogP contribution in [0.4, 0.5) is 21.8 Å².